The predicted octanol–water partition coefficient (Wildman–Crippen LogP) is 3.81. The van der Waals surface area contributed by atoms with Crippen LogP contribution in [0.15, 0.2) is 18.2 Å². The van der Waals surface area contributed by atoms with Crippen LogP contribution < -0.4 is 10.2 Å². The molecule has 2 heterocycles. The van der Waals surface area contributed by atoms with Crippen molar-refractivity contribution in [2.24, 2.45) is 0 Å². The van der Waals surface area contributed by atoms with Gasteiger partial charge >= 0.3 is 6.18 Å². The van der Waals surface area contributed by atoms with Gasteiger partial charge in [0.2, 0.25) is 0 Å². The summed E-state index contributed by atoms with van der Waals surface area (Å²) in [6.45, 7) is 2.09. The fourth-order valence-corrected chi connectivity index (χ4v) is 3.22. The topological polar surface area (TPSA) is 41.6 Å². The molecule has 24 heavy (non-hydrogen) atoms. The zero-order valence-electron chi connectivity index (χ0n) is 13.4. The molecule has 1 amide bonds. The molecule has 1 atom stereocenters. The maximum absolute atomic E-state index is 13.0. The maximum Gasteiger partial charge on any atom is 0.416 e. The molecule has 3 rings (SSSR count). The fraction of sp³-hybridized carbons (Fsp3) is 0.588. The van der Waals surface area contributed by atoms with Crippen LogP contribution in [0.1, 0.15) is 37.7 Å². The standard InChI is InChI=1S/C17H21F3N2O2/c18-17(19,20)12-6-7-14(22-8-2-1-3-9-22)13(11-12)21-16(23)15-5-4-10-24-15/h6-7,11,15H,1-5,8-10H2,(H,21,23). The van der Waals surface area contributed by atoms with E-state index < -0.39 is 17.8 Å². The van der Waals surface area contributed by atoms with Crippen LogP contribution in [0, 0.1) is 0 Å². The van der Waals surface area contributed by atoms with E-state index in [1.165, 1.54) is 6.07 Å². The zero-order valence-corrected chi connectivity index (χ0v) is 13.4. The highest BCUT2D eigenvalue weighted by molar-refractivity contribution is 5.97. The van der Waals surface area contributed by atoms with E-state index >= 15 is 0 Å². The molecule has 7 heteroatoms. The lowest BCUT2D eigenvalue weighted by molar-refractivity contribution is -0.137. The lowest BCUT2D eigenvalue weighted by Gasteiger charge is -2.31. The van der Waals surface area contributed by atoms with Gasteiger partial charge in [-0.15, -0.1) is 0 Å². The van der Waals surface area contributed by atoms with Crippen LogP contribution in [-0.4, -0.2) is 31.7 Å². The Bertz CT molecular complexity index is 592. The molecular formula is C17H21F3N2O2. The summed E-state index contributed by atoms with van der Waals surface area (Å²) in [4.78, 5) is 14.3. The molecule has 0 radical (unpaired) electrons. The second kappa shape index (κ2) is 7.01. The second-order valence-electron chi connectivity index (χ2n) is 6.27. The summed E-state index contributed by atoms with van der Waals surface area (Å²) < 4.78 is 44.4. The monoisotopic (exact) mass is 342 g/mol. The van der Waals surface area contributed by atoms with Crippen LogP contribution in [0.2, 0.25) is 0 Å². The number of alkyl halides is 3. The molecule has 1 N–H and O–H groups in total. The molecule has 0 spiro atoms. The number of amides is 1. The van der Waals surface area contributed by atoms with Gasteiger partial charge in [0, 0.05) is 19.7 Å². The van der Waals surface area contributed by atoms with Crippen molar-refractivity contribution in [1.29, 1.82) is 0 Å². The molecule has 2 aliphatic heterocycles. The largest absolute Gasteiger partial charge is 0.416 e. The van der Waals surface area contributed by atoms with Gasteiger partial charge in [-0.2, -0.15) is 13.2 Å². The highest BCUT2D eigenvalue weighted by atomic mass is 19.4. The number of piperidine rings is 1. The Kier molecular flexibility index (Phi) is 4.99. The molecule has 2 aliphatic rings. The van der Waals surface area contributed by atoms with Gasteiger partial charge in [0.15, 0.2) is 0 Å². The number of hydrogen-bond donors (Lipinski definition) is 1. The van der Waals surface area contributed by atoms with Crippen LogP contribution >= 0.6 is 0 Å². The zero-order chi connectivity index (χ0) is 17.2. The lowest BCUT2D eigenvalue weighted by Crippen LogP contribution is -2.32. The fourth-order valence-electron chi connectivity index (χ4n) is 3.22. The van der Waals surface area contributed by atoms with Gasteiger partial charge < -0.3 is 15.0 Å². The smallest absolute Gasteiger partial charge is 0.370 e. The Morgan fingerprint density at radius 2 is 1.92 bits per heavy atom. The minimum atomic E-state index is -4.44. The van der Waals surface area contributed by atoms with Crippen LogP contribution in [-0.2, 0) is 15.7 Å². The van der Waals surface area contributed by atoms with Gasteiger partial charge in [-0.25, -0.2) is 0 Å². The average molecular weight is 342 g/mol. The Labute approximate surface area is 139 Å². The Balaban J connectivity index is 1.87. The summed E-state index contributed by atoms with van der Waals surface area (Å²) in [7, 11) is 0. The van der Waals surface area contributed by atoms with Crippen molar-refractivity contribution in [2.75, 3.05) is 29.9 Å². The molecule has 1 aromatic rings. The quantitative estimate of drug-likeness (QED) is 0.908. The summed E-state index contributed by atoms with van der Waals surface area (Å²) in [6, 6.07) is 3.56. The van der Waals surface area contributed by atoms with Gasteiger partial charge in [0.25, 0.3) is 5.91 Å². The Hall–Kier alpha value is -1.76. The van der Waals surface area contributed by atoms with Crippen LogP contribution in [0.3, 0.4) is 0 Å². The first-order chi connectivity index (χ1) is 11.4. The van der Waals surface area contributed by atoms with E-state index in [1.807, 2.05) is 4.90 Å². The highest BCUT2D eigenvalue weighted by Gasteiger charge is 2.32. The van der Waals surface area contributed by atoms with Gasteiger partial charge in [-0.05, 0) is 50.3 Å². The van der Waals surface area contributed by atoms with Gasteiger partial charge in [0.1, 0.15) is 6.10 Å². The summed E-state index contributed by atoms with van der Waals surface area (Å²) in [5, 5.41) is 2.66. The predicted molar refractivity (Wildman–Crippen MR) is 85.1 cm³/mol. The summed E-state index contributed by atoms with van der Waals surface area (Å²) in [5.74, 6) is -0.370. The van der Waals surface area contributed by atoms with Crippen molar-refractivity contribution in [3.05, 3.63) is 23.8 Å². The van der Waals surface area contributed by atoms with E-state index in [4.69, 9.17) is 4.74 Å². The Morgan fingerprint density at radius 1 is 1.17 bits per heavy atom. The third-order valence-electron chi connectivity index (χ3n) is 4.50. The Morgan fingerprint density at radius 3 is 2.54 bits per heavy atom. The minimum absolute atomic E-state index is 0.215. The van der Waals surface area contributed by atoms with Crippen LogP contribution in [0.5, 0.6) is 0 Å². The third kappa shape index (κ3) is 3.83. The minimum Gasteiger partial charge on any atom is -0.370 e. The normalized spacial score (nSPS) is 21.8. The molecule has 0 saturated carbocycles. The second-order valence-corrected chi connectivity index (χ2v) is 6.27. The molecule has 0 bridgehead atoms. The number of nitrogens with one attached hydrogen (secondary N) is 1. The van der Waals surface area contributed by atoms with Crippen molar-refractivity contribution >= 4 is 17.3 Å². The summed E-state index contributed by atoms with van der Waals surface area (Å²) in [5.41, 5.74) is 0.104. The van der Waals surface area contributed by atoms with Crippen molar-refractivity contribution < 1.29 is 22.7 Å². The molecule has 0 aromatic heterocycles. The number of carbonyl (C=O) groups excluding carboxylic acids is 1. The molecule has 0 aliphatic carbocycles. The average Bonchev–Trinajstić information content (AvgIpc) is 3.09. The number of ether oxygens (including phenoxy) is 1. The molecule has 1 aromatic carbocycles. The first kappa shape index (κ1) is 17.1. The van der Waals surface area contributed by atoms with E-state index in [2.05, 4.69) is 5.32 Å². The van der Waals surface area contributed by atoms with Crippen molar-refractivity contribution in [1.82, 2.24) is 0 Å². The number of nitrogens with zero attached hydrogens (tertiary/aromatic N) is 1. The van der Waals surface area contributed by atoms with E-state index in [9.17, 15) is 18.0 Å². The van der Waals surface area contributed by atoms with E-state index in [-0.39, 0.29) is 11.6 Å². The number of benzene rings is 1. The molecule has 1 unspecified atom stereocenters. The van der Waals surface area contributed by atoms with Crippen molar-refractivity contribution in [3.8, 4) is 0 Å². The lowest BCUT2D eigenvalue weighted by atomic mass is 10.1. The van der Waals surface area contributed by atoms with Crippen LogP contribution in [0.4, 0.5) is 24.5 Å². The van der Waals surface area contributed by atoms with Gasteiger partial charge in [-0.1, -0.05) is 0 Å². The molecular weight excluding hydrogens is 321 g/mol. The van der Waals surface area contributed by atoms with Gasteiger partial charge in [-0.3, -0.25) is 4.79 Å². The van der Waals surface area contributed by atoms with E-state index in [0.717, 1.165) is 50.9 Å². The molecule has 4 nitrogen and oxygen atoms in total. The summed E-state index contributed by atoms with van der Waals surface area (Å²) in [6.07, 6.45) is -0.504. The van der Waals surface area contributed by atoms with Crippen molar-refractivity contribution in [3.63, 3.8) is 0 Å². The highest BCUT2D eigenvalue weighted by Crippen LogP contribution is 2.36. The van der Waals surface area contributed by atoms with E-state index in [1.54, 1.807) is 0 Å². The number of halogens is 3. The van der Waals surface area contributed by atoms with Crippen molar-refractivity contribution in [2.45, 2.75) is 44.4 Å². The molecule has 2 saturated heterocycles. The first-order valence-electron chi connectivity index (χ1n) is 8.34. The first-order valence-corrected chi connectivity index (χ1v) is 8.34. The molecule has 132 valence electrons. The third-order valence-corrected chi connectivity index (χ3v) is 4.50. The summed E-state index contributed by atoms with van der Waals surface area (Å²) >= 11 is 0. The van der Waals surface area contributed by atoms with Gasteiger partial charge in [0.05, 0.1) is 16.9 Å². The SMILES string of the molecule is O=C(Nc1cc(C(F)(F)F)ccc1N1CCCCC1)C1CCCO1. The van der Waals surface area contributed by atoms with Crippen LogP contribution in [0.25, 0.3) is 0 Å². The number of anilines is 2. The number of rotatable bonds is 3. The maximum atomic E-state index is 13.0. The number of carbonyl (C=O) groups is 1. The number of hydrogen-bond acceptors (Lipinski definition) is 3. The molecule has 2 fully saturated rings. The van der Waals surface area contributed by atoms with E-state index in [0.29, 0.717) is 18.7 Å².